The summed E-state index contributed by atoms with van der Waals surface area (Å²) in [4.78, 5) is 20.4. The molecule has 1 aromatic carbocycles. The first-order valence-electron chi connectivity index (χ1n) is 9.70. The number of halogens is 1. The number of benzene rings is 1. The van der Waals surface area contributed by atoms with E-state index in [0.29, 0.717) is 0 Å². The second-order valence-electron chi connectivity index (χ2n) is 5.95. The molecule has 0 aliphatic carbocycles. The average Bonchev–Trinajstić information content (AvgIpc) is 2.68. The minimum absolute atomic E-state index is 0.0197. The number of para-hydroxylation sites is 1. The molecule has 29 heavy (non-hydrogen) atoms. The van der Waals surface area contributed by atoms with Crippen LogP contribution in [0.4, 0.5) is 27.4 Å². The number of hydrogen-bond donors (Lipinski definition) is 3. The summed E-state index contributed by atoms with van der Waals surface area (Å²) < 4.78 is 59.1. The highest BCUT2D eigenvalue weighted by atomic mass is 32.2. The summed E-state index contributed by atoms with van der Waals surface area (Å²) in [7, 11) is -3.61. The molecular formula is C19H18FN5O3S. The normalized spacial score (nSPS) is 13.0. The highest BCUT2D eigenvalue weighted by Gasteiger charge is 2.17. The molecule has 150 valence electrons. The van der Waals surface area contributed by atoms with Gasteiger partial charge in [0.15, 0.2) is 9.84 Å². The van der Waals surface area contributed by atoms with Gasteiger partial charge in [0, 0.05) is 29.6 Å². The van der Waals surface area contributed by atoms with Gasteiger partial charge in [0.2, 0.25) is 0 Å². The maximum absolute atomic E-state index is 13.1. The van der Waals surface area contributed by atoms with E-state index in [1.165, 1.54) is 30.3 Å². The molecule has 8 nitrogen and oxygen atoms in total. The van der Waals surface area contributed by atoms with Crippen molar-refractivity contribution in [3.63, 3.8) is 0 Å². The van der Waals surface area contributed by atoms with Crippen LogP contribution < -0.4 is 16.0 Å². The van der Waals surface area contributed by atoms with Crippen molar-refractivity contribution in [1.29, 1.82) is 0 Å². The predicted octanol–water partition coefficient (Wildman–Crippen LogP) is 2.87. The van der Waals surface area contributed by atoms with E-state index in [1.54, 1.807) is 12.1 Å². The predicted molar refractivity (Wildman–Crippen MR) is 108 cm³/mol. The Kier molecular flexibility index (Phi) is 4.66. The molecule has 2 aromatic heterocycles. The lowest BCUT2D eigenvalue weighted by atomic mass is 10.2. The van der Waals surface area contributed by atoms with E-state index in [0.717, 1.165) is 18.6 Å². The van der Waals surface area contributed by atoms with Crippen LogP contribution in [0.15, 0.2) is 59.8 Å². The van der Waals surface area contributed by atoms with Crippen molar-refractivity contribution in [3.8, 4) is 0 Å². The first kappa shape index (κ1) is 16.4. The molecule has 3 aromatic rings. The number of rotatable bonds is 6. The summed E-state index contributed by atoms with van der Waals surface area (Å²) in [5.74, 6) is -1.02. The molecule has 0 aliphatic rings. The van der Waals surface area contributed by atoms with Crippen molar-refractivity contribution < 1.29 is 21.7 Å². The number of carbonyl (C=O) groups excluding carboxylic acids is 1. The number of aromatic nitrogens is 2. The van der Waals surface area contributed by atoms with Crippen LogP contribution in [-0.2, 0) is 9.84 Å². The Balaban J connectivity index is 2.04. The number of carbonyl (C=O) groups is 1. The Labute approximate surface area is 171 Å². The Morgan fingerprint density at radius 2 is 1.79 bits per heavy atom. The summed E-state index contributed by atoms with van der Waals surface area (Å²) in [6, 6.07) is 9.97. The second kappa shape index (κ2) is 8.23. The van der Waals surface area contributed by atoms with Crippen LogP contribution in [0.3, 0.4) is 0 Å². The van der Waals surface area contributed by atoms with E-state index < -0.39 is 28.5 Å². The van der Waals surface area contributed by atoms with Crippen LogP contribution in [0.1, 0.15) is 14.5 Å². The van der Waals surface area contributed by atoms with Crippen molar-refractivity contribution in [2.45, 2.75) is 4.90 Å². The fourth-order valence-corrected chi connectivity index (χ4v) is 3.34. The number of anilines is 4. The van der Waals surface area contributed by atoms with E-state index in [9.17, 15) is 17.6 Å². The number of nitrogens with zero attached hydrogens (tertiary/aromatic N) is 2. The third kappa shape index (κ3) is 4.85. The van der Waals surface area contributed by atoms with Gasteiger partial charge in [-0.1, -0.05) is 12.1 Å². The maximum atomic E-state index is 13.1. The summed E-state index contributed by atoms with van der Waals surface area (Å²) in [6.07, 6.45) is 3.16. The smallest absolute Gasteiger partial charge is 0.254 e. The molecule has 0 radical (unpaired) electrons. The summed E-state index contributed by atoms with van der Waals surface area (Å²) in [5, 5.41) is 7.56. The van der Waals surface area contributed by atoms with Crippen molar-refractivity contribution >= 4 is 38.8 Å². The molecule has 0 spiro atoms. The van der Waals surface area contributed by atoms with Gasteiger partial charge in [-0.15, -0.1) is 0 Å². The van der Waals surface area contributed by atoms with Crippen molar-refractivity contribution in [2.75, 3.05) is 23.9 Å². The van der Waals surface area contributed by atoms with Crippen LogP contribution >= 0.6 is 0 Å². The van der Waals surface area contributed by atoms with Crippen molar-refractivity contribution in [3.05, 3.63) is 66.2 Å². The molecular weight excluding hydrogens is 397 g/mol. The van der Waals surface area contributed by atoms with Gasteiger partial charge in [0.05, 0.1) is 28.0 Å². The zero-order valence-electron chi connectivity index (χ0n) is 18.1. The van der Waals surface area contributed by atoms with Gasteiger partial charge in [-0.05, 0) is 24.3 Å². The van der Waals surface area contributed by atoms with Gasteiger partial charge in [-0.25, -0.2) is 22.8 Å². The van der Waals surface area contributed by atoms with Crippen LogP contribution in [-0.4, -0.2) is 37.5 Å². The standard InChI is InChI=1S/C19H18FN5O3S/c1-21-19(26)13-11-23-18(25-17-8-7-12(20)10-22-17)9-15(13)24-14-5-3-4-6-16(14)29(2,27)28/h3-11H,1-2H3,(H,21,26)(H2,22,23,24,25)/i1D3. The lowest BCUT2D eigenvalue weighted by molar-refractivity contribution is 0.0963. The zero-order chi connectivity index (χ0) is 23.5. The molecule has 3 N–H and O–H groups in total. The number of hydrogen-bond acceptors (Lipinski definition) is 7. The van der Waals surface area contributed by atoms with E-state index in [1.807, 2.05) is 5.32 Å². The van der Waals surface area contributed by atoms with Gasteiger partial charge in [0.25, 0.3) is 5.91 Å². The Morgan fingerprint density at radius 3 is 2.48 bits per heavy atom. The van der Waals surface area contributed by atoms with Gasteiger partial charge < -0.3 is 16.0 Å². The molecule has 0 atom stereocenters. The summed E-state index contributed by atoms with van der Waals surface area (Å²) >= 11 is 0. The SMILES string of the molecule is [2H]C([2H])([2H])NC(=O)c1cnc(Nc2ccc(F)cn2)cc1Nc1ccccc1S(C)(=O)=O. The van der Waals surface area contributed by atoms with Gasteiger partial charge in [0.1, 0.15) is 17.5 Å². The third-order valence-corrected chi connectivity index (χ3v) is 4.96. The van der Waals surface area contributed by atoms with Gasteiger partial charge in [-0.3, -0.25) is 4.79 Å². The van der Waals surface area contributed by atoms with E-state index in [2.05, 4.69) is 20.6 Å². The first-order chi connectivity index (χ1) is 14.9. The molecule has 0 unspecified atom stereocenters. The van der Waals surface area contributed by atoms with Gasteiger partial charge in [-0.2, -0.15) is 0 Å². The number of nitrogens with one attached hydrogen (secondary N) is 3. The molecule has 0 bridgehead atoms. The summed E-state index contributed by atoms with van der Waals surface area (Å²) in [5.41, 5.74) is 0.125. The maximum Gasteiger partial charge on any atom is 0.254 e. The van der Waals surface area contributed by atoms with Crippen LogP contribution in [0.25, 0.3) is 0 Å². The lowest BCUT2D eigenvalue weighted by Gasteiger charge is -2.15. The number of sulfone groups is 1. The van der Waals surface area contributed by atoms with Crippen molar-refractivity contribution in [2.24, 2.45) is 0 Å². The Hall–Kier alpha value is -3.53. The minimum Gasteiger partial charge on any atom is -0.355 e. The van der Waals surface area contributed by atoms with Crippen LogP contribution in [0.2, 0.25) is 0 Å². The summed E-state index contributed by atoms with van der Waals surface area (Å²) in [6.45, 7) is -2.74. The van der Waals surface area contributed by atoms with Crippen molar-refractivity contribution in [1.82, 2.24) is 15.3 Å². The number of pyridine rings is 2. The fourth-order valence-electron chi connectivity index (χ4n) is 2.49. The molecule has 0 saturated carbocycles. The van der Waals surface area contributed by atoms with E-state index in [-0.39, 0.29) is 33.5 Å². The minimum atomic E-state index is -3.61. The van der Waals surface area contributed by atoms with E-state index in [4.69, 9.17) is 4.11 Å². The second-order valence-corrected chi connectivity index (χ2v) is 7.93. The third-order valence-electron chi connectivity index (χ3n) is 3.80. The first-order valence-corrected chi connectivity index (χ1v) is 10.1. The highest BCUT2D eigenvalue weighted by Crippen LogP contribution is 2.28. The number of amides is 1. The van der Waals surface area contributed by atoms with E-state index >= 15 is 0 Å². The molecule has 1 amide bonds. The molecule has 3 rings (SSSR count). The largest absolute Gasteiger partial charge is 0.355 e. The topological polar surface area (TPSA) is 113 Å². The average molecular weight is 418 g/mol. The molecule has 10 heteroatoms. The Morgan fingerprint density at radius 1 is 1.03 bits per heavy atom. The van der Waals surface area contributed by atoms with Crippen LogP contribution in [0, 0.1) is 5.82 Å². The zero-order valence-corrected chi connectivity index (χ0v) is 15.9. The van der Waals surface area contributed by atoms with Crippen LogP contribution in [0.5, 0.6) is 0 Å². The fraction of sp³-hybridized carbons (Fsp3) is 0.105. The molecule has 0 aliphatic heterocycles. The molecule has 0 fully saturated rings. The highest BCUT2D eigenvalue weighted by molar-refractivity contribution is 7.90. The Bertz CT molecular complexity index is 1250. The monoisotopic (exact) mass is 418 g/mol. The quantitative estimate of drug-likeness (QED) is 0.564. The van der Waals surface area contributed by atoms with Gasteiger partial charge >= 0.3 is 0 Å². The lowest BCUT2D eigenvalue weighted by Crippen LogP contribution is -2.20. The molecule has 0 saturated heterocycles. The molecule has 2 heterocycles.